The van der Waals surface area contributed by atoms with E-state index in [4.69, 9.17) is 4.74 Å². The molecule has 92 valence electrons. The Morgan fingerprint density at radius 1 is 1.27 bits per heavy atom. The largest absolute Gasteiger partial charge is 0.389 e. The quantitative estimate of drug-likeness (QED) is 0.753. The molecule has 0 saturated heterocycles. The Hall–Kier alpha value is -0.290. The third kappa shape index (κ3) is 5.99. The molecule has 5 heteroatoms. The van der Waals surface area contributed by atoms with Crippen LogP contribution in [0.1, 0.15) is 33.1 Å². The van der Waals surface area contributed by atoms with Crippen LogP contribution in [0.25, 0.3) is 0 Å². The summed E-state index contributed by atoms with van der Waals surface area (Å²) < 4.78 is 41.0. The van der Waals surface area contributed by atoms with Crippen molar-refractivity contribution in [3.63, 3.8) is 0 Å². The maximum atomic E-state index is 11.9. The van der Waals surface area contributed by atoms with E-state index in [2.05, 4.69) is 5.32 Å². The van der Waals surface area contributed by atoms with Crippen molar-refractivity contribution >= 4 is 0 Å². The molecule has 1 unspecified atom stereocenters. The summed E-state index contributed by atoms with van der Waals surface area (Å²) in [4.78, 5) is 0. The smallest absolute Gasteiger partial charge is 0.377 e. The maximum Gasteiger partial charge on any atom is 0.389 e. The number of ether oxygens (including phenoxy) is 1. The van der Waals surface area contributed by atoms with Gasteiger partial charge < -0.3 is 10.1 Å². The van der Waals surface area contributed by atoms with Gasteiger partial charge in [-0.3, -0.25) is 0 Å². The Balaban J connectivity index is 4.02. The summed E-state index contributed by atoms with van der Waals surface area (Å²) in [5, 5.41) is 2.99. The summed E-state index contributed by atoms with van der Waals surface area (Å²) in [7, 11) is 3.30. The highest BCUT2D eigenvalue weighted by atomic mass is 19.4. The molecule has 0 fully saturated rings. The predicted octanol–water partition coefficient (Wildman–Crippen LogP) is 2.73. The van der Waals surface area contributed by atoms with Crippen LogP contribution in [-0.4, -0.2) is 32.0 Å². The van der Waals surface area contributed by atoms with E-state index in [1.807, 2.05) is 13.8 Å². The monoisotopic (exact) mass is 227 g/mol. The van der Waals surface area contributed by atoms with Crippen LogP contribution < -0.4 is 5.32 Å². The third-order valence-corrected chi connectivity index (χ3v) is 2.67. The lowest BCUT2D eigenvalue weighted by molar-refractivity contribution is -0.136. The fraction of sp³-hybridized carbons (Fsp3) is 1.00. The number of methoxy groups -OCH3 is 1. The van der Waals surface area contributed by atoms with Crippen molar-refractivity contribution < 1.29 is 17.9 Å². The highest BCUT2D eigenvalue weighted by Crippen LogP contribution is 2.25. The molecular formula is C10H20F3NO. The minimum atomic E-state index is -4.06. The van der Waals surface area contributed by atoms with Gasteiger partial charge >= 0.3 is 6.18 Å². The van der Waals surface area contributed by atoms with Crippen LogP contribution in [0, 0.1) is 0 Å². The number of hydrogen-bond acceptors (Lipinski definition) is 2. The number of rotatable bonds is 6. The minimum Gasteiger partial charge on any atom is -0.377 e. The molecule has 0 aromatic rings. The third-order valence-electron chi connectivity index (χ3n) is 2.67. The Morgan fingerprint density at radius 3 is 2.13 bits per heavy atom. The first-order valence-corrected chi connectivity index (χ1v) is 5.02. The number of nitrogens with one attached hydrogen (secondary N) is 1. The highest BCUT2D eigenvalue weighted by molar-refractivity contribution is 4.84. The summed E-state index contributed by atoms with van der Waals surface area (Å²) >= 11 is 0. The molecule has 0 aromatic heterocycles. The number of likely N-dealkylation sites (N-methyl/N-ethyl adjacent to an activating group) is 1. The summed E-state index contributed by atoms with van der Waals surface area (Å²) in [5.41, 5.74) is -0.444. The van der Waals surface area contributed by atoms with Gasteiger partial charge in [0.05, 0.1) is 5.60 Å². The van der Waals surface area contributed by atoms with Crippen molar-refractivity contribution in [3.05, 3.63) is 0 Å². The van der Waals surface area contributed by atoms with Crippen molar-refractivity contribution in [1.29, 1.82) is 0 Å². The van der Waals surface area contributed by atoms with Gasteiger partial charge in [0.25, 0.3) is 0 Å². The molecule has 1 N–H and O–H groups in total. The average Bonchev–Trinajstić information content (AvgIpc) is 2.10. The molecule has 0 aromatic carbocycles. The van der Waals surface area contributed by atoms with Gasteiger partial charge in [-0.1, -0.05) is 0 Å². The second kappa shape index (κ2) is 5.70. The van der Waals surface area contributed by atoms with E-state index in [-0.39, 0.29) is 12.5 Å². The molecule has 0 bridgehead atoms. The Morgan fingerprint density at radius 2 is 1.80 bits per heavy atom. The van der Waals surface area contributed by atoms with Gasteiger partial charge in [0.15, 0.2) is 0 Å². The second-order valence-electron chi connectivity index (χ2n) is 4.16. The van der Waals surface area contributed by atoms with Crippen molar-refractivity contribution in [3.8, 4) is 0 Å². The average molecular weight is 227 g/mol. The first kappa shape index (κ1) is 14.7. The van der Waals surface area contributed by atoms with Gasteiger partial charge in [-0.05, 0) is 33.7 Å². The van der Waals surface area contributed by atoms with Crippen molar-refractivity contribution in [1.82, 2.24) is 5.32 Å². The van der Waals surface area contributed by atoms with E-state index in [0.29, 0.717) is 6.42 Å². The molecule has 0 rings (SSSR count). The van der Waals surface area contributed by atoms with Crippen LogP contribution in [0.4, 0.5) is 13.2 Å². The second-order valence-corrected chi connectivity index (χ2v) is 4.16. The zero-order chi connectivity index (χ0) is 12.1. The maximum absolute atomic E-state index is 11.9. The lowest BCUT2D eigenvalue weighted by Crippen LogP contribution is -2.46. The fourth-order valence-corrected chi connectivity index (χ4v) is 1.49. The lowest BCUT2D eigenvalue weighted by Gasteiger charge is -2.33. The Bertz CT molecular complexity index is 180. The van der Waals surface area contributed by atoms with E-state index in [1.54, 1.807) is 14.2 Å². The van der Waals surface area contributed by atoms with E-state index in [9.17, 15) is 13.2 Å². The normalized spacial score (nSPS) is 15.4. The van der Waals surface area contributed by atoms with E-state index < -0.39 is 18.2 Å². The highest BCUT2D eigenvalue weighted by Gasteiger charge is 2.30. The van der Waals surface area contributed by atoms with Crippen LogP contribution in [0.2, 0.25) is 0 Å². The standard InChI is InChI=1S/C10H20F3NO/c1-9(2,15-4)8(14-3)6-5-7-10(11,12)13/h8,14H,5-7H2,1-4H3. The molecule has 0 radical (unpaired) electrons. The first-order valence-electron chi connectivity index (χ1n) is 5.02. The number of halogens is 3. The number of alkyl halides is 3. The lowest BCUT2D eigenvalue weighted by atomic mass is 9.93. The molecule has 0 aliphatic heterocycles. The molecule has 0 aliphatic carbocycles. The molecule has 0 spiro atoms. The van der Waals surface area contributed by atoms with Crippen LogP contribution in [0.5, 0.6) is 0 Å². The molecule has 15 heavy (non-hydrogen) atoms. The molecule has 0 amide bonds. The Kier molecular flexibility index (Phi) is 5.59. The van der Waals surface area contributed by atoms with E-state index in [0.717, 1.165) is 0 Å². The van der Waals surface area contributed by atoms with Crippen LogP contribution in [0.3, 0.4) is 0 Å². The van der Waals surface area contributed by atoms with Gasteiger partial charge in [-0.25, -0.2) is 0 Å². The van der Waals surface area contributed by atoms with Crippen LogP contribution in [0.15, 0.2) is 0 Å². The van der Waals surface area contributed by atoms with Gasteiger partial charge in [0.2, 0.25) is 0 Å². The van der Waals surface area contributed by atoms with Crippen molar-refractivity contribution in [2.75, 3.05) is 14.2 Å². The van der Waals surface area contributed by atoms with Gasteiger partial charge in [-0.15, -0.1) is 0 Å². The van der Waals surface area contributed by atoms with Crippen molar-refractivity contribution in [2.24, 2.45) is 0 Å². The molecule has 0 saturated carbocycles. The topological polar surface area (TPSA) is 21.3 Å². The van der Waals surface area contributed by atoms with E-state index >= 15 is 0 Å². The van der Waals surface area contributed by atoms with Gasteiger partial charge in [0.1, 0.15) is 0 Å². The van der Waals surface area contributed by atoms with Gasteiger partial charge in [0, 0.05) is 19.6 Å². The summed E-state index contributed by atoms with van der Waals surface area (Å²) in [6, 6.07) is -0.0650. The predicted molar refractivity (Wildman–Crippen MR) is 53.8 cm³/mol. The van der Waals surface area contributed by atoms with Crippen LogP contribution >= 0.6 is 0 Å². The molecule has 0 aliphatic rings. The van der Waals surface area contributed by atoms with Gasteiger partial charge in [-0.2, -0.15) is 13.2 Å². The summed E-state index contributed by atoms with van der Waals surface area (Å²) in [5.74, 6) is 0. The van der Waals surface area contributed by atoms with E-state index in [1.165, 1.54) is 0 Å². The minimum absolute atomic E-state index is 0.0650. The summed E-state index contributed by atoms with van der Waals surface area (Å²) in [6.45, 7) is 3.73. The van der Waals surface area contributed by atoms with Crippen LogP contribution in [-0.2, 0) is 4.74 Å². The molecular weight excluding hydrogens is 207 g/mol. The first-order chi connectivity index (χ1) is 6.73. The Labute approximate surface area is 89.2 Å². The fourth-order valence-electron chi connectivity index (χ4n) is 1.49. The zero-order valence-electron chi connectivity index (χ0n) is 9.74. The van der Waals surface area contributed by atoms with Crippen molar-refractivity contribution in [2.45, 2.75) is 50.9 Å². The SMILES string of the molecule is CNC(CCCC(F)(F)F)C(C)(C)OC. The molecule has 1 atom stereocenters. The zero-order valence-corrected chi connectivity index (χ0v) is 9.74. The summed E-state index contributed by atoms with van der Waals surface area (Å²) in [6.07, 6.45) is -4.21. The molecule has 0 heterocycles. The number of hydrogen-bond donors (Lipinski definition) is 1. The molecule has 2 nitrogen and oxygen atoms in total.